The normalized spacial score (nSPS) is 37.4. The van der Waals surface area contributed by atoms with Crippen LogP contribution in [0.1, 0.15) is 44.9 Å². The summed E-state index contributed by atoms with van der Waals surface area (Å²) in [5, 5.41) is 2.84. The van der Waals surface area contributed by atoms with Crippen LogP contribution in [0, 0.1) is 11.8 Å². The summed E-state index contributed by atoms with van der Waals surface area (Å²) in [6, 6.07) is -0.0728. The highest BCUT2D eigenvalue weighted by molar-refractivity contribution is 5.82. The summed E-state index contributed by atoms with van der Waals surface area (Å²) in [7, 11) is 0. The van der Waals surface area contributed by atoms with E-state index in [4.69, 9.17) is 0 Å². The largest absolute Gasteiger partial charge is 0.393 e. The number of piperidine rings is 2. The van der Waals surface area contributed by atoms with E-state index in [9.17, 15) is 18.0 Å². The second-order valence-corrected chi connectivity index (χ2v) is 6.71. The minimum absolute atomic E-state index is 0.0345. The zero-order valence-corrected chi connectivity index (χ0v) is 12.2. The summed E-state index contributed by atoms with van der Waals surface area (Å²) in [6.07, 6.45) is 1.88. The Hall–Kier alpha value is -0.780. The summed E-state index contributed by atoms with van der Waals surface area (Å²) < 4.78 is 38.0. The van der Waals surface area contributed by atoms with Gasteiger partial charge in [-0.25, -0.2) is 0 Å². The van der Waals surface area contributed by atoms with E-state index in [1.54, 1.807) is 0 Å². The number of hydrogen-bond acceptors (Lipinski definition) is 2. The first-order valence-corrected chi connectivity index (χ1v) is 8.07. The van der Waals surface area contributed by atoms with Crippen LogP contribution in [0.3, 0.4) is 0 Å². The molecule has 4 atom stereocenters. The summed E-state index contributed by atoms with van der Waals surface area (Å²) in [6.45, 7) is 0.655. The summed E-state index contributed by atoms with van der Waals surface area (Å²) in [5.74, 6) is -0.649. The van der Waals surface area contributed by atoms with Gasteiger partial charge in [-0.15, -0.1) is 0 Å². The van der Waals surface area contributed by atoms with E-state index in [-0.39, 0.29) is 18.9 Å². The van der Waals surface area contributed by atoms with Crippen molar-refractivity contribution in [1.82, 2.24) is 10.2 Å². The Morgan fingerprint density at radius 2 is 1.81 bits per heavy atom. The van der Waals surface area contributed by atoms with Crippen molar-refractivity contribution < 1.29 is 18.0 Å². The molecule has 3 aliphatic rings. The summed E-state index contributed by atoms with van der Waals surface area (Å²) in [5.41, 5.74) is 0. The van der Waals surface area contributed by atoms with Gasteiger partial charge in [0.1, 0.15) is 0 Å². The number of rotatable bonds is 1. The van der Waals surface area contributed by atoms with Crippen LogP contribution in [0.25, 0.3) is 0 Å². The van der Waals surface area contributed by atoms with Crippen molar-refractivity contribution in [2.75, 3.05) is 13.1 Å². The minimum atomic E-state index is -4.15. The number of hydrogen-bond donors (Lipinski definition) is 1. The molecule has 3 nitrogen and oxygen atoms in total. The van der Waals surface area contributed by atoms with Gasteiger partial charge in [0.2, 0.25) is 5.91 Å². The molecule has 6 heteroatoms. The second kappa shape index (κ2) is 5.78. The Bertz CT molecular complexity index is 391. The van der Waals surface area contributed by atoms with Crippen LogP contribution in [-0.4, -0.2) is 42.2 Å². The third kappa shape index (κ3) is 3.05. The zero-order chi connectivity index (χ0) is 15.0. The molecule has 2 aliphatic heterocycles. The quantitative estimate of drug-likeness (QED) is 0.808. The van der Waals surface area contributed by atoms with Crippen molar-refractivity contribution in [2.45, 2.75) is 63.2 Å². The van der Waals surface area contributed by atoms with E-state index in [1.807, 2.05) is 4.90 Å². The Balaban J connectivity index is 1.59. The fourth-order valence-corrected chi connectivity index (χ4v) is 4.27. The number of likely N-dealkylation sites (tertiary alicyclic amines) is 1. The van der Waals surface area contributed by atoms with Crippen LogP contribution in [-0.2, 0) is 4.79 Å². The first kappa shape index (κ1) is 15.1. The molecule has 2 saturated heterocycles. The molecule has 1 saturated carbocycles. The molecule has 0 bridgehead atoms. The first-order valence-electron chi connectivity index (χ1n) is 8.07. The SMILES string of the molecule is O=C(C1CCC(C(F)(F)F)CN1)N1CCCC2CCCC21. The molecule has 0 aromatic carbocycles. The molecule has 2 heterocycles. The number of carbonyl (C=O) groups is 1. The zero-order valence-electron chi connectivity index (χ0n) is 12.2. The summed E-state index contributed by atoms with van der Waals surface area (Å²) >= 11 is 0. The molecular formula is C15H23F3N2O. The van der Waals surface area contributed by atoms with Gasteiger partial charge in [-0.1, -0.05) is 6.42 Å². The Kier molecular flexibility index (Phi) is 4.17. The molecule has 0 aromatic heterocycles. The highest BCUT2D eigenvalue weighted by Crippen LogP contribution is 2.38. The molecule has 0 aromatic rings. The molecule has 3 fully saturated rings. The number of nitrogens with one attached hydrogen (secondary N) is 1. The number of nitrogens with zero attached hydrogens (tertiary/aromatic N) is 1. The maximum Gasteiger partial charge on any atom is 0.393 e. The van der Waals surface area contributed by atoms with Gasteiger partial charge in [0.05, 0.1) is 12.0 Å². The van der Waals surface area contributed by atoms with E-state index in [2.05, 4.69) is 5.32 Å². The van der Waals surface area contributed by atoms with E-state index < -0.39 is 18.1 Å². The molecule has 3 rings (SSSR count). The highest BCUT2D eigenvalue weighted by atomic mass is 19.4. The second-order valence-electron chi connectivity index (χ2n) is 6.71. The van der Waals surface area contributed by atoms with Crippen LogP contribution >= 0.6 is 0 Å². The fourth-order valence-electron chi connectivity index (χ4n) is 4.27. The molecule has 0 radical (unpaired) electrons. The lowest BCUT2D eigenvalue weighted by atomic mass is 9.89. The fraction of sp³-hybridized carbons (Fsp3) is 0.933. The smallest absolute Gasteiger partial charge is 0.338 e. The van der Waals surface area contributed by atoms with E-state index in [1.165, 1.54) is 19.3 Å². The van der Waals surface area contributed by atoms with Crippen molar-refractivity contribution >= 4 is 5.91 Å². The first-order chi connectivity index (χ1) is 9.97. The van der Waals surface area contributed by atoms with Crippen LogP contribution < -0.4 is 5.32 Å². The van der Waals surface area contributed by atoms with Crippen molar-refractivity contribution in [1.29, 1.82) is 0 Å². The van der Waals surface area contributed by atoms with E-state index in [0.717, 1.165) is 19.4 Å². The monoisotopic (exact) mass is 304 g/mol. The molecular weight excluding hydrogens is 281 g/mol. The number of amides is 1. The predicted molar refractivity (Wildman–Crippen MR) is 72.6 cm³/mol. The van der Waals surface area contributed by atoms with Crippen molar-refractivity contribution in [3.8, 4) is 0 Å². The Labute approximate surface area is 123 Å². The van der Waals surface area contributed by atoms with Crippen molar-refractivity contribution in [3.63, 3.8) is 0 Å². The number of halogens is 3. The lowest BCUT2D eigenvalue weighted by Gasteiger charge is -2.41. The number of alkyl halides is 3. The summed E-state index contributed by atoms with van der Waals surface area (Å²) in [4.78, 5) is 14.6. The van der Waals surface area contributed by atoms with Gasteiger partial charge in [-0.2, -0.15) is 13.2 Å². The molecule has 1 aliphatic carbocycles. The Morgan fingerprint density at radius 1 is 1.05 bits per heavy atom. The minimum Gasteiger partial charge on any atom is -0.338 e. The van der Waals surface area contributed by atoms with E-state index >= 15 is 0 Å². The lowest BCUT2D eigenvalue weighted by Crippen LogP contribution is -2.56. The van der Waals surface area contributed by atoms with Gasteiger partial charge in [0.15, 0.2) is 0 Å². The average Bonchev–Trinajstić information content (AvgIpc) is 2.94. The van der Waals surface area contributed by atoms with Gasteiger partial charge < -0.3 is 10.2 Å². The van der Waals surface area contributed by atoms with Gasteiger partial charge >= 0.3 is 6.18 Å². The third-order valence-electron chi connectivity index (χ3n) is 5.45. The van der Waals surface area contributed by atoms with Crippen molar-refractivity contribution in [3.05, 3.63) is 0 Å². The van der Waals surface area contributed by atoms with Crippen molar-refractivity contribution in [2.24, 2.45) is 11.8 Å². The predicted octanol–water partition coefficient (Wildman–Crippen LogP) is 2.71. The van der Waals surface area contributed by atoms with Crippen LogP contribution in [0.15, 0.2) is 0 Å². The molecule has 0 spiro atoms. The van der Waals surface area contributed by atoms with Gasteiger partial charge in [0, 0.05) is 19.1 Å². The number of fused-ring (bicyclic) bond motifs is 1. The van der Waals surface area contributed by atoms with Crippen LogP contribution in [0.2, 0.25) is 0 Å². The third-order valence-corrected chi connectivity index (χ3v) is 5.45. The van der Waals surface area contributed by atoms with Gasteiger partial charge in [0.25, 0.3) is 0 Å². The van der Waals surface area contributed by atoms with E-state index in [0.29, 0.717) is 18.4 Å². The van der Waals surface area contributed by atoms with Crippen LogP contribution in [0.4, 0.5) is 13.2 Å². The standard InChI is InChI=1S/C15H23F3N2O/c16-15(17,18)11-6-7-12(19-9-11)14(21)20-8-2-4-10-3-1-5-13(10)20/h10-13,19H,1-9H2. The Morgan fingerprint density at radius 3 is 2.48 bits per heavy atom. The highest BCUT2D eigenvalue weighted by Gasteiger charge is 2.44. The van der Waals surface area contributed by atoms with Gasteiger partial charge in [-0.05, 0) is 44.4 Å². The topological polar surface area (TPSA) is 32.3 Å². The molecule has 120 valence electrons. The maximum atomic E-state index is 12.7. The van der Waals surface area contributed by atoms with Crippen LogP contribution in [0.5, 0.6) is 0 Å². The molecule has 1 N–H and O–H groups in total. The molecule has 21 heavy (non-hydrogen) atoms. The molecule has 1 amide bonds. The maximum absolute atomic E-state index is 12.7. The lowest BCUT2D eigenvalue weighted by molar-refractivity contribution is -0.181. The number of carbonyl (C=O) groups excluding carboxylic acids is 1. The molecule has 4 unspecified atom stereocenters. The average molecular weight is 304 g/mol. The van der Waals surface area contributed by atoms with Gasteiger partial charge in [-0.3, -0.25) is 4.79 Å².